The van der Waals surface area contributed by atoms with E-state index in [0.717, 1.165) is 6.42 Å². The number of ether oxygens (including phenoxy) is 2. The average molecular weight is 172 g/mol. The maximum absolute atomic E-state index is 8.48. The van der Waals surface area contributed by atoms with E-state index in [9.17, 15) is 0 Å². The minimum absolute atomic E-state index is 0.0942. The summed E-state index contributed by atoms with van der Waals surface area (Å²) in [5, 5.41) is 8.48. The van der Waals surface area contributed by atoms with Crippen molar-refractivity contribution >= 4 is 0 Å². The lowest BCUT2D eigenvalue weighted by molar-refractivity contribution is -0.137. The molecule has 0 bridgehead atoms. The lowest BCUT2D eigenvalue weighted by Crippen LogP contribution is -2.21. The summed E-state index contributed by atoms with van der Waals surface area (Å²) < 4.78 is 10.9. The third-order valence-corrected chi connectivity index (χ3v) is 1.74. The Bertz CT molecular complexity index is 163. The SMILES string of the molecule is CC1(C)OC[C@@H](CC=CCO)O1. The van der Waals surface area contributed by atoms with Gasteiger partial charge in [-0.25, -0.2) is 0 Å². The predicted octanol–water partition coefficient (Wildman–Crippen LogP) is 1.08. The van der Waals surface area contributed by atoms with Crippen LogP contribution in [0.15, 0.2) is 12.2 Å². The van der Waals surface area contributed by atoms with Crippen molar-refractivity contribution in [3.8, 4) is 0 Å². The summed E-state index contributed by atoms with van der Waals surface area (Å²) in [5.41, 5.74) is 0. The van der Waals surface area contributed by atoms with Crippen molar-refractivity contribution in [2.75, 3.05) is 13.2 Å². The minimum atomic E-state index is -0.433. The van der Waals surface area contributed by atoms with Gasteiger partial charge in [0.1, 0.15) is 0 Å². The summed E-state index contributed by atoms with van der Waals surface area (Å²) in [4.78, 5) is 0. The van der Waals surface area contributed by atoms with Gasteiger partial charge in [0.05, 0.1) is 19.3 Å². The van der Waals surface area contributed by atoms with E-state index in [-0.39, 0.29) is 12.7 Å². The van der Waals surface area contributed by atoms with Gasteiger partial charge in [-0.05, 0) is 20.3 Å². The van der Waals surface area contributed by atoms with Crippen LogP contribution in [-0.2, 0) is 9.47 Å². The molecule has 0 aromatic heterocycles. The predicted molar refractivity (Wildman–Crippen MR) is 45.7 cm³/mol. The molecule has 0 aliphatic carbocycles. The first-order valence-electron chi connectivity index (χ1n) is 4.22. The fraction of sp³-hybridized carbons (Fsp3) is 0.778. The molecule has 1 aliphatic heterocycles. The smallest absolute Gasteiger partial charge is 0.163 e. The Morgan fingerprint density at radius 3 is 2.75 bits per heavy atom. The normalized spacial score (nSPS) is 28.4. The van der Waals surface area contributed by atoms with E-state index < -0.39 is 5.79 Å². The topological polar surface area (TPSA) is 38.7 Å². The molecule has 0 aromatic rings. The first kappa shape index (κ1) is 9.71. The number of aliphatic hydroxyl groups is 1. The average Bonchev–Trinajstić information content (AvgIpc) is 2.31. The highest BCUT2D eigenvalue weighted by Gasteiger charge is 2.31. The van der Waals surface area contributed by atoms with Gasteiger partial charge in [-0.2, -0.15) is 0 Å². The second kappa shape index (κ2) is 4.03. The maximum atomic E-state index is 8.48. The first-order chi connectivity index (χ1) is 5.64. The van der Waals surface area contributed by atoms with Gasteiger partial charge in [0.25, 0.3) is 0 Å². The van der Waals surface area contributed by atoms with E-state index >= 15 is 0 Å². The summed E-state index contributed by atoms with van der Waals surface area (Å²) in [7, 11) is 0. The van der Waals surface area contributed by atoms with E-state index in [1.54, 1.807) is 6.08 Å². The molecule has 1 saturated heterocycles. The van der Waals surface area contributed by atoms with Gasteiger partial charge in [0.2, 0.25) is 0 Å². The highest BCUT2D eigenvalue weighted by atomic mass is 16.7. The molecule has 0 aromatic carbocycles. The van der Waals surface area contributed by atoms with Crippen LogP contribution in [0.1, 0.15) is 20.3 Å². The Labute approximate surface area is 73.0 Å². The van der Waals surface area contributed by atoms with Crippen molar-refractivity contribution in [1.82, 2.24) is 0 Å². The van der Waals surface area contributed by atoms with Crippen LogP contribution in [0, 0.1) is 0 Å². The zero-order chi connectivity index (χ0) is 9.03. The zero-order valence-electron chi connectivity index (χ0n) is 7.62. The van der Waals surface area contributed by atoms with Crippen LogP contribution in [0.5, 0.6) is 0 Å². The van der Waals surface area contributed by atoms with Gasteiger partial charge < -0.3 is 14.6 Å². The van der Waals surface area contributed by atoms with Crippen LogP contribution in [0.4, 0.5) is 0 Å². The Morgan fingerprint density at radius 1 is 1.50 bits per heavy atom. The van der Waals surface area contributed by atoms with Gasteiger partial charge in [-0.1, -0.05) is 12.2 Å². The van der Waals surface area contributed by atoms with Crippen molar-refractivity contribution in [3.63, 3.8) is 0 Å². The second-order valence-electron chi connectivity index (χ2n) is 3.34. The van der Waals surface area contributed by atoms with Gasteiger partial charge in [-0.15, -0.1) is 0 Å². The summed E-state index contributed by atoms with van der Waals surface area (Å²) in [6.45, 7) is 4.55. The monoisotopic (exact) mass is 172 g/mol. The lowest BCUT2D eigenvalue weighted by atomic mass is 10.2. The number of rotatable bonds is 3. The lowest BCUT2D eigenvalue weighted by Gasteiger charge is -2.16. The molecule has 12 heavy (non-hydrogen) atoms. The number of aliphatic hydroxyl groups excluding tert-OH is 1. The molecule has 0 unspecified atom stereocenters. The van der Waals surface area contributed by atoms with E-state index in [0.29, 0.717) is 6.61 Å². The maximum Gasteiger partial charge on any atom is 0.163 e. The Kier molecular flexibility index (Phi) is 3.26. The van der Waals surface area contributed by atoms with Crippen molar-refractivity contribution in [1.29, 1.82) is 0 Å². The Hall–Kier alpha value is -0.380. The molecule has 0 amide bonds. The molecule has 1 aliphatic rings. The summed E-state index contributed by atoms with van der Waals surface area (Å²) in [6.07, 6.45) is 4.58. The molecule has 0 radical (unpaired) electrons. The van der Waals surface area contributed by atoms with Crippen molar-refractivity contribution in [2.45, 2.75) is 32.2 Å². The summed E-state index contributed by atoms with van der Waals surface area (Å²) in [5.74, 6) is -0.433. The first-order valence-corrected chi connectivity index (χ1v) is 4.22. The van der Waals surface area contributed by atoms with Gasteiger partial charge in [0.15, 0.2) is 5.79 Å². The van der Waals surface area contributed by atoms with Crippen LogP contribution < -0.4 is 0 Å². The van der Waals surface area contributed by atoms with Crippen molar-refractivity contribution < 1.29 is 14.6 Å². The molecular formula is C9H16O3. The van der Waals surface area contributed by atoms with E-state index in [4.69, 9.17) is 14.6 Å². The molecular weight excluding hydrogens is 156 g/mol. The van der Waals surface area contributed by atoms with Crippen LogP contribution in [0.3, 0.4) is 0 Å². The van der Waals surface area contributed by atoms with Crippen LogP contribution in [0.25, 0.3) is 0 Å². The highest BCUT2D eigenvalue weighted by molar-refractivity contribution is 4.86. The molecule has 1 fully saturated rings. The molecule has 1 heterocycles. The van der Waals surface area contributed by atoms with E-state index in [1.165, 1.54) is 0 Å². The van der Waals surface area contributed by atoms with E-state index in [1.807, 2.05) is 19.9 Å². The quantitative estimate of drug-likeness (QED) is 0.647. The van der Waals surface area contributed by atoms with Gasteiger partial charge in [-0.3, -0.25) is 0 Å². The number of hydrogen-bond donors (Lipinski definition) is 1. The molecule has 0 spiro atoms. The Balaban J connectivity index is 2.24. The largest absolute Gasteiger partial charge is 0.392 e. The third-order valence-electron chi connectivity index (χ3n) is 1.74. The number of hydrogen-bond acceptors (Lipinski definition) is 3. The highest BCUT2D eigenvalue weighted by Crippen LogP contribution is 2.23. The van der Waals surface area contributed by atoms with Crippen LogP contribution in [0.2, 0.25) is 0 Å². The molecule has 1 atom stereocenters. The molecule has 3 heteroatoms. The third kappa shape index (κ3) is 2.93. The van der Waals surface area contributed by atoms with Crippen LogP contribution >= 0.6 is 0 Å². The second-order valence-corrected chi connectivity index (χ2v) is 3.34. The summed E-state index contributed by atoms with van der Waals surface area (Å²) >= 11 is 0. The van der Waals surface area contributed by atoms with Crippen LogP contribution in [-0.4, -0.2) is 30.2 Å². The minimum Gasteiger partial charge on any atom is -0.392 e. The molecule has 1 N–H and O–H groups in total. The Morgan fingerprint density at radius 2 is 2.25 bits per heavy atom. The zero-order valence-corrected chi connectivity index (χ0v) is 7.62. The molecule has 1 rings (SSSR count). The fourth-order valence-corrected chi connectivity index (χ4v) is 1.20. The van der Waals surface area contributed by atoms with Gasteiger partial charge in [0, 0.05) is 0 Å². The van der Waals surface area contributed by atoms with Crippen molar-refractivity contribution in [2.24, 2.45) is 0 Å². The standard InChI is InChI=1S/C9H16O3/c1-9(2)11-7-8(12-9)5-3-4-6-10/h3-4,8,10H,5-7H2,1-2H3/t8-/m1/s1. The summed E-state index contributed by atoms with van der Waals surface area (Å²) in [6, 6.07) is 0. The molecule has 3 nitrogen and oxygen atoms in total. The molecule has 0 saturated carbocycles. The van der Waals surface area contributed by atoms with Crippen molar-refractivity contribution in [3.05, 3.63) is 12.2 Å². The fourth-order valence-electron chi connectivity index (χ4n) is 1.20. The molecule has 70 valence electrons. The van der Waals surface area contributed by atoms with E-state index in [2.05, 4.69) is 0 Å². The van der Waals surface area contributed by atoms with Gasteiger partial charge >= 0.3 is 0 Å².